The number of carbonyl (C=O) groups is 2. The first kappa shape index (κ1) is 24.8. The van der Waals surface area contributed by atoms with Crippen molar-refractivity contribution in [2.75, 3.05) is 20.3 Å². The van der Waals surface area contributed by atoms with E-state index in [9.17, 15) is 26.7 Å². The van der Waals surface area contributed by atoms with Crippen molar-refractivity contribution in [3.05, 3.63) is 30.1 Å². The zero-order valence-corrected chi connectivity index (χ0v) is 17.6. The number of aromatic nitrogens is 2. The van der Waals surface area contributed by atoms with Gasteiger partial charge in [-0.15, -0.1) is 0 Å². The maximum atomic E-state index is 12.8. The average Bonchev–Trinajstić information content (AvgIpc) is 3.07. The van der Waals surface area contributed by atoms with Crippen molar-refractivity contribution in [3.8, 4) is 0 Å². The number of likely N-dealkylation sites (N-methyl/N-ethyl adjacent to an activating group) is 1. The maximum Gasteiger partial charge on any atom is 0.490 e. The third-order valence-electron chi connectivity index (χ3n) is 5.68. The number of hydrogen-bond acceptors (Lipinski definition) is 5. The van der Waals surface area contributed by atoms with Gasteiger partial charge in [0.2, 0.25) is 0 Å². The first-order valence-corrected chi connectivity index (χ1v) is 10.1. The van der Waals surface area contributed by atoms with Crippen LogP contribution in [-0.4, -0.2) is 82.4 Å². The molecule has 1 unspecified atom stereocenters. The van der Waals surface area contributed by atoms with Crippen LogP contribution in [0.4, 0.5) is 22.0 Å². The van der Waals surface area contributed by atoms with Crippen LogP contribution < -0.4 is 5.32 Å². The predicted octanol–water partition coefficient (Wildman–Crippen LogP) is 2.53. The number of hydrogen-bond donors (Lipinski definition) is 2. The lowest BCUT2D eigenvalue weighted by Crippen LogP contribution is -2.59. The predicted molar refractivity (Wildman–Crippen MR) is 106 cm³/mol. The van der Waals surface area contributed by atoms with Gasteiger partial charge in [-0.2, -0.15) is 13.2 Å². The summed E-state index contributed by atoms with van der Waals surface area (Å²) in [5.41, 5.74) is 0.806. The summed E-state index contributed by atoms with van der Waals surface area (Å²) in [6.07, 6.45) is -2.90. The lowest BCUT2D eigenvalue weighted by molar-refractivity contribution is -0.192. The van der Waals surface area contributed by atoms with Crippen LogP contribution in [0.1, 0.15) is 23.2 Å². The normalized spacial score (nSPS) is 23.2. The smallest absolute Gasteiger partial charge is 0.475 e. The molecule has 2 aliphatic rings. The Morgan fingerprint density at radius 2 is 1.88 bits per heavy atom. The van der Waals surface area contributed by atoms with Gasteiger partial charge in [-0.25, -0.2) is 18.6 Å². The van der Waals surface area contributed by atoms with Gasteiger partial charge in [0.1, 0.15) is 5.65 Å². The van der Waals surface area contributed by atoms with E-state index >= 15 is 0 Å². The van der Waals surface area contributed by atoms with Gasteiger partial charge in [0.15, 0.2) is 0 Å². The Balaban J connectivity index is 0.000000383. The highest BCUT2D eigenvalue weighted by molar-refractivity contribution is 6.06. The third-order valence-corrected chi connectivity index (χ3v) is 5.68. The van der Waals surface area contributed by atoms with Crippen molar-refractivity contribution < 1.29 is 41.4 Å². The lowest BCUT2D eigenvalue weighted by atomic mass is 9.90. The van der Waals surface area contributed by atoms with Crippen molar-refractivity contribution in [2.45, 2.75) is 50.1 Å². The van der Waals surface area contributed by atoms with Gasteiger partial charge in [-0.05, 0) is 32.0 Å². The van der Waals surface area contributed by atoms with E-state index in [1.165, 1.54) is 10.8 Å². The van der Waals surface area contributed by atoms with Crippen LogP contribution in [0.5, 0.6) is 0 Å². The van der Waals surface area contributed by atoms with Gasteiger partial charge in [-0.3, -0.25) is 9.69 Å². The van der Waals surface area contributed by atoms with Crippen LogP contribution in [0, 0.1) is 0 Å². The second-order valence-corrected chi connectivity index (χ2v) is 7.92. The molecule has 0 saturated carbocycles. The van der Waals surface area contributed by atoms with Gasteiger partial charge < -0.3 is 19.7 Å². The Hall–Kier alpha value is -2.80. The number of pyridine rings is 1. The molecule has 2 fully saturated rings. The number of nitrogens with one attached hydrogen (secondary N) is 1. The van der Waals surface area contributed by atoms with Crippen molar-refractivity contribution in [3.63, 3.8) is 0 Å². The fourth-order valence-electron chi connectivity index (χ4n) is 4.07. The van der Waals surface area contributed by atoms with Crippen LogP contribution in [0.3, 0.4) is 0 Å². The number of amides is 1. The molecule has 13 heteroatoms. The van der Waals surface area contributed by atoms with Crippen LogP contribution >= 0.6 is 0 Å². The summed E-state index contributed by atoms with van der Waals surface area (Å²) in [6, 6.07) is 4.12. The first-order chi connectivity index (χ1) is 15.5. The van der Waals surface area contributed by atoms with Crippen LogP contribution in [-0.2, 0) is 16.1 Å². The number of alkyl halides is 5. The van der Waals surface area contributed by atoms with Gasteiger partial charge in [0, 0.05) is 35.9 Å². The molecule has 4 heterocycles. The number of carboxylic acids is 1. The summed E-state index contributed by atoms with van der Waals surface area (Å²) in [4.78, 5) is 28.2. The van der Waals surface area contributed by atoms with Gasteiger partial charge in [0.05, 0.1) is 25.3 Å². The minimum Gasteiger partial charge on any atom is -0.475 e. The van der Waals surface area contributed by atoms with E-state index in [-0.39, 0.29) is 11.9 Å². The number of carbonyl (C=O) groups excluding carboxylic acids is 1. The molecule has 33 heavy (non-hydrogen) atoms. The van der Waals surface area contributed by atoms with E-state index in [0.29, 0.717) is 41.9 Å². The van der Waals surface area contributed by atoms with E-state index in [0.717, 1.165) is 12.8 Å². The molecule has 0 aliphatic carbocycles. The first-order valence-electron chi connectivity index (χ1n) is 10.1. The molecule has 182 valence electrons. The van der Waals surface area contributed by atoms with Gasteiger partial charge in [0.25, 0.3) is 12.3 Å². The molecular weight excluding hydrogens is 455 g/mol. The fourth-order valence-corrected chi connectivity index (χ4v) is 4.07. The molecular formula is C20H23F5N4O4. The molecule has 2 bridgehead atoms. The Morgan fingerprint density at radius 3 is 2.42 bits per heavy atom. The largest absolute Gasteiger partial charge is 0.490 e. The Bertz CT molecular complexity index is 982. The van der Waals surface area contributed by atoms with Gasteiger partial charge in [-0.1, -0.05) is 0 Å². The highest BCUT2D eigenvalue weighted by Gasteiger charge is 2.38. The number of morpholine rings is 1. The summed E-state index contributed by atoms with van der Waals surface area (Å²) in [5.74, 6) is -2.99. The molecule has 2 saturated heterocycles. The number of ether oxygens (including phenoxy) is 1. The van der Waals surface area contributed by atoms with E-state index < -0.39 is 25.1 Å². The lowest BCUT2D eigenvalue weighted by Gasteiger charge is -2.46. The molecule has 4 rings (SSSR count). The summed E-state index contributed by atoms with van der Waals surface area (Å²) in [5, 5.41) is 10.8. The Labute approximate surface area is 185 Å². The quantitative estimate of drug-likeness (QED) is 0.656. The van der Waals surface area contributed by atoms with Crippen molar-refractivity contribution in [2.24, 2.45) is 0 Å². The molecule has 2 N–H and O–H groups in total. The van der Waals surface area contributed by atoms with Gasteiger partial charge >= 0.3 is 12.1 Å². The monoisotopic (exact) mass is 478 g/mol. The number of halogens is 5. The van der Waals surface area contributed by atoms with E-state index in [4.69, 9.17) is 14.6 Å². The number of carboxylic acid groups (broad SMARTS) is 1. The molecule has 2 aromatic heterocycles. The molecule has 8 nitrogen and oxygen atoms in total. The average molecular weight is 478 g/mol. The van der Waals surface area contributed by atoms with Crippen LogP contribution in [0.2, 0.25) is 0 Å². The van der Waals surface area contributed by atoms with E-state index in [1.807, 2.05) is 0 Å². The number of nitrogens with zero attached hydrogens (tertiary/aromatic N) is 3. The minimum absolute atomic E-state index is 0.0581. The van der Waals surface area contributed by atoms with Crippen molar-refractivity contribution in [1.29, 1.82) is 0 Å². The molecule has 1 amide bonds. The third kappa shape index (κ3) is 5.96. The molecule has 0 radical (unpaired) electrons. The summed E-state index contributed by atoms with van der Waals surface area (Å²) in [6.45, 7) is 0.879. The maximum absolute atomic E-state index is 12.8. The standard InChI is InChI=1S/C18H22F2N4O2.C2HF3O2/c1-23-12-5-11(6-13(23)10-26-9-12)22-18(25)15-7-24(8-16(19)20)17-14(15)3-2-4-21-17;3-2(4,5)1(6)7/h2-4,7,11-13,16H,5-6,8-10H2,1H3,(H,22,25);(H,6,7)/t11?,12-,13+;. The topological polar surface area (TPSA) is 96.7 Å². The minimum atomic E-state index is -5.08. The summed E-state index contributed by atoms with van der Waals surface area (Å²) < 4.78 is 64.4. The fraction of sp³-hybridized carbons (Fsp3) is 0.550. The number of piperidine rings is 1. The molecule has 3 atom stereocenters. The molecule has 0 aromatic carbocycles. The van der Waals surface area contributed by atoms with E-state index in [1.54, 1.807) is 18.3 Å². The van der Waals surface area contributed by atoms with E-state index in [2.05, 4.69) is 22.2 Å². The van der Waals surface area contributed by atoms with Crippen molar-refractivity contribution >= 4 is 22.9 Å². The SMILES string of the molecule is CN1[C@@H]2COC[C@H]1CC(NC(=O)c1cn(CC(F)F)c3ncccc13)C2.O=C(O)C(F)(F)F. The van der Waals surface area contributed by atoms with Crippen LogP contribution in [0.15, 0.2) is 24.5 Å². The number of aliphatic carboxylic acids is 1. The van der Waals surface area contributed by atoms with Crippen molar-refractivity contribution in [1.82, 2.24) is 19.8 Å². The molecule has 2 aliphatic heterocycles. The second kappa shape index (κ2) is 10.00. The number of rotatable bonds is 4. The van der Waals surface area contributed by atoms with Crippen LogP contribution in [0.25, 0.3) is 11.0 Å². The summed E-state index contributed by atoms with van der Waals surface area (Å²) >= 11 is 0. The highest BCUT2D eigenvalue weighted by atomic mass is 19.4. The highest BCUT2D eigenvalue weighted by Crippen LogP contribution is 2.27. The zero-order valence-electron chi connectivity index (χ0n) is 17.6. The Morgan fingerprint density at radius 1 is 1.27 bits per heavy atom. The second-order valence-electron chi connectivity index (χ2n) is 7.92. The Kier molecular flexibility index (Phi) is 7.52. The number of fused-ring (bicyclic) bond motifs is 3. The molecule has 2 aromatic rings. The zero-order chi connectivity index (χ0) is 24.3. The molecule has 0 spiro atoms. The summed E-state index contributed by atoms with van der Waals surface area (Å²) in [7, 11) is 2.10.